The molecule has 1 fully saturated rings. The molecule has 6 nitrogen and oxygen atoms in total. The van der Waals surface area contributed by atoms with Gasteiger partial charge >= 0.3 is 5.97 Å². The van der Waals surface area contributed by atoms with Crippen molar-refractivity contribution in [2.45, 2.75) is 26.9 Å². The average molecular weight is 331 g/mol. The number of carbonyl (C=O) groups excluding carboxylic acids is 1. The number of imidazole rings is 1. The topological polar surface area (TPSA) is 56.1 Å². The molecule has 24 heavy (non-hydrogen) atoms. The van der Waals surface area contributed by atoms with Gasteiger partial charge < -0.3 is 13.9 Å². The highest BCUT2D eigenvalue weighted by molar-refractivity contribution is 5.95. The summed E-state index contributed by atoms with van der Waals surface area (Å²) < 4.78 is 13.1. The van der Waals surface area contributed by atoms with Gasteiger partial charge in [-0.05, 0) is 25.0 Å². The van der Waals surface area contributed by atoms with Gasteiger partial charge in [0.15, 0.2) is 5.69 Å². The summed E-state index contributed by atoms with van der Waals surface area (Å²) in [6.07, 6.45) is 1.82. The van der Waals surface area contributed by atoms with E-state index in [1.807, 2.05) is 35.7 Å². The smallest absolute Gasteiger partial charge is 0.359 e. The van der Waals surface area contributed by atoms with Crippen LogP contribution in [0.4, 0.5) is 0 Å². The fourth-order valence-corrected chi connectivity index (χ4v) is 3.14. The molecule has 1 aliphatic heterocycles. The maximum atomic E-state index is 12.4. The second kappa shape index (κ2) is 7.32. The number of nitrogens with zero attached hydrogens (tertiary/aromatic N) is 3. The van der Waals surface area contributed by atoms with E-state index in [0.717, 1.165) is 31.0 Å². The molecule has 3 heterocycles. The minimum absolute atomic E-state index is 0.0728. The number of pyridine rings is 1. The molecule has 0 aromatic carbocycles. The summed E-state index contributed by atoms with van der Waals surface area (Å²) in [6, 6.07) is 5.68. The van der Waals surface area contributed by atoms with E-state index in [1.165, 1.54) is 0 Å². The van der Waals surface area contributed by atoms with E-state index in [2.05, 4.69) is 23.7 Å². The summed E-state index contributed by atoms with van der Waals surface area (Å²) in [6.45, 7) is 10.0. The molecule has 0 spiro atoms. The lowest BCUT2D eigenvalue weighted by molar-refractivity contribution is -0.0613. The summed E-state index contributed by atoms with van der Waals surface area (Å²) in [5, 5.41) is 0. The molecule has 0 radical (unpaired) electrons. The van der Waals surface area contributed by atoms with E-state index >= 15 is 0 Å². The van der Waals surface area contributed by atoms with Crippen molar-refractivity contribution in [2.24, 2.45) is 5.92 Å². The summed E-state index contributed by atoms with van der Waals surface area (Å²) in [5.74, 6) is 0.997. The van der Waals surface area contributed by atoms with Crippen molar-refractivity contribution in [3.8, 4) is 0 Å². The Morgan fingerprint density at radius 3 is 3.08 bits per heavy atom. The van der Waals surface area contributed by atoms with Crippen molar-refractivity contribution < 1.29 is 14.3 Å². The van der Waals surface area contributed by atoms with Crippen LogP contribution >= 0.6 is 0 Å². The molecule has 3 rings (SSSR count). The van der Waals surface area contributed by atoms with Gasteiger partial charge in [-0.1, -0.05) is 19.9 Å². The Bertz CT molecular complexity index is 711. The molecule has 0 amide bonds. The predicted octanol–water partition coefficient (Wildman–Crippen LogP) is 2.16. The summed E-state index contributed by atoms with van der Waals surface area (Å²) in [5.41, 5.74) is 1.13. The molecule has 1 saturated heterocycles. The Morgan fingerprint density at radius 1 is 1.46 bits per heavy atom. The van der Waals surface area contributed by atoms with Gasteiger partial charge in [-0.3, -0.25) is 4.90 Å². The maximum absolute atomic E-state index is 12.4. The van der Waals surface area contributed by atoms with Gasteiger partial charge in [-0.2, -0.15) is 0 Å². The Labute approximate surface area is 142 Å². The number of rotatable bonds is 5. The molecule has 130 valence electrons. The highest BCUT2D eigenvalue weighted by atomic mass is 16.6. The van der Waals surface area contributed by atoms with Crippen LogP contribution in [-0.2, 0) is 9.47 Å². The van der Waals surface area contributed by atoms with Crippen LogP contribution in [0.1, 0.15) is 30.2 Å². The number of hydrogen-bond donors (Lipinski definition) is 0. The number of fused-ring (bicyclic) bond motifs is 1. The average Bonchev–Trinajstić information content (AvgIpc) is 2.90. The zero-order valence-corrected chi connectivity index (χ0v) is 14.6. The Kier molecular flexibility index (Phi) is 5.16. The van der Waals surface area contributed by atoms with Crippen molar-refractivity contribution in [1.82, 2.24) is 14.3 Å². The lowest BCUT2D eigenvalue weighted by atomic mass is 10.2. The van der Waals surface area contributed by atoms with Gasteiger partial charge in [-0.25, -0.2) is 9.78 Å². The molecule has 0 aliphatic carbocycles. The molecule has 1 atom stereocenters. The molecular formula is C18H25N3O3. The zero-order chi connectivity index (χ0) is 17.1. The Balaban J connectivity index is 1.61. The first-order valence-corrected chi connectivity index (χ1v) is 8.49. The quantitative estimate of drug-likeness (QED) is 0.786. The first-order valence-electron chi connectivity index (χ1n) is 8.49. The van der Waals surface area contributed by atoms with Crippen molar-refractivity contribution in [2.75, 3.05) is 32.8 Å². The van der Waals surface area contributed by atoms with Crippen molar-refractivity contribution >= 4 is 11.5 Å². The Morgan fingerprint density at radius 2 is 2.29 bits per heavy atom. The van der Waals surface area contributed by atoms with Crippen LogP contribution < -0.4 is 0 Å². The molecule has 0 saturated carbocycles. The van der Waals surface area contributed by atoms with Gasteiger partial charge in [0.2, 0.25) is 0 Å². The second-order valence-corrected chi connectivity index (χ2v) is 6.71. The molecule has 6 heteroatoms. The summed E-state index contributed by atoms with van der Waals surface area (Å²) in [7, 11) is 0. The fourth-order valence-electron chi connectivity index (χ4n) is 3.14. The first kappa shape index (κ1) is 16.9. The summed E-state index contributed by atoms with van der Waals surface area (Å²) >= 11 is 0. The fraction of sp³-hybridized carbons (Fsp3) is 0.556. The number of carbonyl (C=O) groups is 1. The van der Waals surface area contributed by atoms with Crippen molar-refractivity contribution in [3.05, 3.63) is 35.9 Å². The third-order valence-corrected chi connectivity index (χ3v) is 4.16. The Hall–Kier alpha value is -1.92. The molecule has 1 aliphatic rings. The van der Waals surface area contributed by atoms with Gasteiger partial charge in [-0.15, -0.1) is 0 Å². The normalized spacial score (nSPS) is 19.1. The maximum Gasteiger partial charge on any atom is 0.359 e. The molecule has 1 unspecified atom stereocenters. The largest absolute Gasteiger partial charge is 0.458 e. The second-order valence-electron chi connectivity index (χ2n) is 6.71. The van der Waals surface area contributed by atoms with Gasteiger partial charge in [0.25, 0.3) is 0 Å². The van der Waals surface area contributed by atoms with Crippen LogP contribution in [0.15, 0.2) is 24.4 Å². The number of ether oxygens (including phenoxy) is 2. The number of aryl methyl sites for hydroxylation is 1. The predicted molar refractivity (Wildman–Crippen MR) is 91.2 cm³/mol. The molecule has 0 bridgehead atoms. The van der Waals surface area contributed by atoms with Crippen LogP contribution in [-0.4, -0.2) is 59.2 Å². The molecule has 2 aromatic rings. The van der Waals surface area contributed by atoms with Gasteiger partial charge in [0, 0.05) is 25.8 Å². The van der Waals surface area contributed by atoms with Crippen LogP contribution in [0.2, 0.25) is 0 Å². The number of esters is 1. The van der Waals surface area contributed by atoms with Crippen LogP contribution in [0.3, 0.4) is 0 Å². The van der Waals surface area contributed by atoms with E-state index in [4.69, 9.17) is 9.47 Å². The number of hydrogen-bond acceptors (Lipinski definition) is 5. The minimum Gasteiger partial charge on any atom is -0.458 e. The van der Waals surface area contributed by atoms with Gasteiger partial charge in [0.05, 0.1) is 12.1 Å². The zero-order valence-electron chi connectivity index (χ0n) is 14.6. The number of aromatic nitrogens is 2. The SMILES string of the molecule is Cc1nc(C(=O)OCC2CN(CC(C)C)CCO2)c2ccccn12. The van der Waals surface area contributed by atoms with Crippen molar-refractivity contribution in [3.63, 3.8) is 0 Å². The monoisotopic (exact) mass is 331 g/mol. The standard InChI is InChI=1S/C18H25N3O3/c1-13(2)10-20-8-9-23-15(11-20)12-24-18(22)17-16-6-4-5-7-21(16)14(3)19-17/h4-7,13,15H,8-12H2,1-3H3. The highest BCUT2D eigenvalue weighted by Crippen LogP contribution is 2.15. The lowest BCUT2D eigenvalue weighted by Crippen LogP contribution is -2.45. The van der Waals surface area contributed by atoms with Crippen LogP contribution in [0.25, 0.3) is 5.52 Å². The third kappa shape index (κ3) is 3.76. The molecule has 2 aromatic heterocycles. The van der Waals surface area contributed by atoms with E-state index in [1.54, 1.807) is 0 Å². The molecular weight excluding hydrogens is 306 g/mol. The minimum atomic E-state index is -0.392. The van der Waals surface area contributed by atoms with E-state index in [-0.39, 0.29) is 12.7 Å². The van der Waals surface area contributed by atoms with E-state index in [9.17, 15) is 4.79 Å². The summed E-state index contributed by atoms with van der Waals surface area (Å²) in [4.78, 5) is 19.1. The van der Waals surface area contributed by atoms with Gasteiger partial charge in [0.1, 0.15) is 18.5 Å². The van der Waals surface area contributed by atoms with Crippen LogP contribution in [0, 0.1) is 12.8 Å². The third-order valence-electron chi connectivity index (χ3n) is 4.16. The highest BCUT2D eigenvalue weighted by Gasteiger charge is 2.24. The lowest BCUT2D eigenvalue weighted by Gasteiger charge is -2.33. The van der Waals surface area contributed by atoms with E-state index < -0.39 is 5.97 Å². The van der Waals surface area contributed by atoms with Crippen LogP contribution in [0.5, 0.6) is 0 Å². The van der Waals surface area contributed by atoms with E-state index in [0.29, 0.717) is 18.2 Å². The first-order chi connectivity index (χ1) is 11.5. The molecule has 0 N–H and O–H groups in total. The number of morpholine rings is 1. The van der Waals surface area contributed by atoms with Crippen molar-refractivity contribution in [1.29, 1.82) is 0 Å².